The predicted molar refractivity (Wildman–Crippen MR) is 127 cm³/mol. The number of H-pyrrole nitrogens is 1. The first-order valence-corrected chi connectivity index (χ1v) is 11.6. The Morgan fingerprint density at radius 1 is 1.19 bits per heavy atom. The summed E-state index contributed by atoms with van der Waals surface area (Å²) in [6.45, 7) is 6.99. The monoisotopic (exact) mass is 431 g/mol. The van der Waals surface area contributed by atoms with Crippen molar-refractivity contribution in [2.24, 2.45) is 0 Å². The van der Waals surface area contributed by atoms with Crippen molar-refractivity contribution in [3.63, 3.8) is 0 Å². The number of hydrogen-bond donors (Lipinski definition) is 2. The molecule has 32 heavy (non-hydrogen) atoms. The van der Waals surface area contributed by atoms with E-state index in [4.69, 9.17) is 4.74 Å². The lowest BCUT2D eigenvalue weighted by Crippen LogP contribution is -2.29. The van der Waals surface area contributed by atoms with Gasteiger partial charge in [-0.25, -0.2) is 0 Å². The summed E-state index contributed by atoms with van der Waals surface area (Å²) in [6.07, 6.45) is 9.17. The van der Waals surface area contributed by atoms with Crippen LogP contribution >= 0.6 is 0 Å². The number of aromatic amines is 1. The summed E-state index contributed by atoms with van der Waals surface area (Å²) in [6, 6.07) is 16.0. The average molecular weight is 432 g/mol. The molecule has 0 aliphatic heterocycles. The zero-order valence-electron chi connectivity index (χ0n) is 19.2. The number of benzene rings is 2. The first kappa shape index (κ1) is 22.2. The Balaban J connectivity index is 1.34. The number of rotatable bonds is 9. The van der Waals surface area contributed by atoms with Crippen LogP contribution in [0.4, 0.5) is 0 Å². The highest BCUT2D eigenvalue weighted by Crippen LogP contribution is 2.36. The Labute approximate surface area is 190 Å². The molecule has 1 heterocycles. The van der Waals surface area contributed by atoms with Gasteiger partial charge in [-0.3, -0.25) is 0 Å². The number of aryl methyl sites for hydroxylation is 1. The Bertz CT molecular complexity index is 1010. The van der Waals surface area contributed by atoms with Crippen LogP contribution in [0.15, 0.2) is 48.5 Å². The molecule has 2 N–H and O–H groups in total. The molecule has 168 valence electrons. The van der Waals surface area contributed by atoms with Crippen LogP contribution in [0.2, 0.25) is 0 Å². The fraction of sp³-hybridized carbons (Fsp3) is 0.423. The van der Waals surface area contributed by atoms with E-state index in [2.05, 4.69) is 89.2 Å². The van der Waals surface area contributed by atoms with Gasteiger partial charge in [-0.2, -0.15) is 5.21 Å². The maximum absolute atomic E-state index is 5.74. The van der Waals surface area contributed by atoms with Gasteiger partial charge in [0.05, 0.1) is 0 Å². The van der Waals surface area contributed by atoms with E-state index in [0.717, 1.165) is 12.2 Å². The van der Waals surface area contributed by atoms with Gasteiger partial charge < -0.3 is 10.1 Å². The van der Waals surface area contributed by atoms with E-state index in [1.54, 1.807) is 0 Å². The summed E-state index contributed by atoms with van der Waals surface area (Å²) in [4.78, 5) is 0. The van der Waals surface area contributed by atoms with E-state index >= 15 is 0 Å². The molecule has 3 atom stereocenters. The summed E-state index contributed by atoms with van der Waals surface area (Å²) in [7, 11) is 0. The largest absolute Gasteiger partial charge is 0.485 e. The number of ether oxygens (including phenoxy) is 1. The Morgan fingerprint density at radius 2 is 2.03 bits per heavy atom. The molecular weight excluding hydrogens is 398 g/mol. The maximum Gasteiger partial charge on any atom is 0.211 e. The molecule has 1 aliphatic carbocycles. The van der Waals surface area contributed by atoms with E-state index in [1.807, 2.05) is 12.1 Å². The third-order valence-corrected chi connectivity index (χ3v) is 6.37. The second-order valence-corrected chi connectivity index (χ2v) is 8.67. The quantitative estimate of drug-likeness (QED) is 0.468. The number of aromatic nitrogens is 4. The van der Waals surface area contributed by atoms with Crippen LogP contribution in [0.5, 0.6) is 5.75 Å². The highest BCUT2D eigenvalue weighted by atomic mass is 16.5. The fourth-order valence-corrected chi connectivity index (χ4v) is 4.65. The molecule has 6 heteroatoms. The molecule has 0 unspecified atom stereocenters. The molecule has 0 spiro atoms. The molecular formula is C26H33N5O. The van der Waals surface area contributed by atoms with Crippen molar-refractivity contribution in [3.8, 4) is 5.75 Å². The zero-order chi connectivity index (χ0) is 22.3. The smallest absolute Gasteiger partial charge is 0.211 e. The van der Waals surface area contributed by atoms with E-state index in [1.165, 1.54) is 41.5 Å². The van der Waals surface area contributed by atoms with E-state index in [9.17, 15) is 0 Å². The Hall–Kier alpha value is -2.99. The van der Waals surface area contributed by atoms with Crippen LogP contribution in [-0.4, -0.2) is 26.7 Å². The minimum atomic E-state index is 0.317. The van der Waals surface area contributed by atoms with Crippen LogP contribution in [-0.2, 0) is 6.61 Å². The van der Waals surface area contributed by atoms with E-state index in [0.29, 0.717) is 30.4 Å². The van der Waals surface area contributed by atoms with Crippen LogP contribution in [0.1, 0.15) is 79.6 Å². The van der Waals surface area contributed by atoms with Crippen LogP contribution < -0.4 is 10.1 Å². The van der Waals surface area contributed by atoms with Crippen molar-refractivity contribution in [2.45, 2.75) is 71.1 Å². The maximum atomic E-state index is 5.74. The van der Waals surface area contributed by atoms with E-state index < -0.39 is 0 Å². The average Bonchev–Trinajstić information content (AvgIpc) is 3.49. The van der Waals surface area contributed by atoms with Gasteiger partial charge in [-0.1, -0.05) is 54.6 Å². The van der Waals surface area contributed by atoms with Gasteiger partial charge in [-0.05, 0) is 79.8 Å². The molecule has 0 bridgehead atoms. The lowest BCUT2D eigenvalue weighted by atomic mass is 9.95. The Kier molecular flexibility index (Phi) is 7.32. The van der Waals surface area contributed by atoms with Gasteiger partial charge in [0.1, 0.15) is 5.75 Å². The van der Waals surface area contributed by atoms with Gasteiger partial charge >= 0.3 is 0 Å². The zero-order valence-corrected chi connectivity index (χ0v) is 19.2. The van der Waals surface area contributed by atoms with Gasteiger partial charge in [0, 0.05) is 12.1 Å². The van der Waals surface area contributed by atoms with Crippen LogP contribution in [0.3, 0.4) is 0 Å². The molecule has 1 aromatic heterocycles. The SMILES string of the molecule is CC/C=C\c1c(C)cccc1[C@@H](C)N[C@H]1CC[C@@H](c2ccc(OCc3nn[nH]n3)cc2)C1. The first-order chi connectivity index (χ1) is 15.6. The summed E-state index contributed by atoms with van der Waals surface area (Å²) >= 11 is 0. The van der Waals surface area contributed by atoms with Crippen molar-refractivity contribution in [1.82, 2.24) is 25.9 Å². The molecule has 4 rings (SSSR count). The summed E-state index contributed by atoms with van der Waals surface area (Å²) in [5, 5.41) is 17.7. The third kappa shape index (κ3) is 5.43. The molecule has 1 fully saturated rings. The molecule has 1 aliphatic rings. The highest BCUT2D eigenvalue weighted by Gasteiger charge is 2.27. The summed E-state index contributed by atoms with van der Waals surface area (Å²) in [5.74, 6) is 1.96. The lowest BCUT2D eigenvalue weighted by Gasteiger charge is -2.23. The standard InChI is InChI=1S/C26H33N5O/c1-4-5-8-24-18(2)7-6-9-25(24)19(3)27-22-13-10-21(16-22)20-11-14-23(15-12-20)32-17-26-28-30-31-29-26/h5-9,11-12,14-15,19,21-22,27H,4,10,13,16-17H2,1-3H3,(H,28,29,30,31)/b8-5-/t19-,21-,22+/m1/s1. The van der Waals surface area contributed by atoms with Gasteiger partial charge in [0.15, 0.2) is 6.61 Å². The summed E-state index contributed by atoms with van der Waals surface area (Å²) in [5.41, 5.74) is 5.48. The topological polar surface area (TPSA) is 75.7 Å². The number of hydrogen-bond acceptors (Lipinski definition) is 5. The van der Waals surface area contributed by atoms with Crippen molar-refractivity contribution >= 4 is 6.08 Å². The molecule has 0 saturated heterocycles. The van der Waals surface area contributed by atoms with Gasteiger partial charge in [0.25, 0.3) is 0 Å². The lowest BCUT2D eigenvalue weighted by molar-refractivity contribution is 0.296. The first-order valence-electron chi connectivity index (χ1n) is 11.6. The molecule has 2 aromatic carbocycles. The molecule has 3 aromatic rings. The molecule has 0 amide bonds. The number of nitrogens with one attached hydrogen (secondary N) is 2. The normalized spacial score (nSPS) is 19.5. The van der Waals surface area contributed by atoms with Crippen molar-refractivity contribution in [3.05, 3.63) is 76.6 Å². The highest BCUT2D eigenvalue weighted by molar-refractivity contribution is 5.58. The second kappa shape index (κ2) is 10.6. The van der Waals surface area contributed by atoms with Crippen molar-refractivity contribution in [1.29, 1.82) is 0 Å². The number of nitrogens with zero attached hydrogens (tertiary/aromatic N) is 3. The molecule has 6 nitrogen and oxygen atoms in total. The third-order valence-electron chi connectivity index (χ3n) is 6.37. The summed E-state index contributed by atoms with van der Waals surface area (Å²) < 4.78 is 5.74. The van der Waals surface area contributed by atoms with Crippen molar-refractivity contribution < 1.29 is 4.74 Å². The van der Waals surface area contributed by atoms with Gasteiger partial charge in [-0.15, -0.1) is 10.2 Å². The van der Waals surface area contributed by atoms with Crippen molar-refractivity contribution in [2.75, 3.05) is 0 Å². The van der Waals surface area contributed by atoms with Crippen LogP contribution in [0, 0.1) is 6.92 Å². The predicted octanol–water partition coefficient (Wildman–Crippen LogP) is 5.50. The van der Waals surface area contributed by atoms with Crippen LogP contribution in [0.25, 0.3) is 6.08 Å². The van der Waals surface area contributed by atoms with Gasteiger partial charge in [0.2, 0.25) is 5.82 Å². The fourth-order valence-electron chi connectivity index (χ4n) is 4.65. The minimum absolute atomic E-state index is 0.317. The molecule has 1 saturated carbocycles. The number of tetrazole rings is 1. The van der Waals surface area contributed by atoms with E-state index in [-0.39, 0.29) is 0 Å². The second-order valence-electron chi connectivity index (χ2n) is 8.67. The number of allylic oxidation sites excluding steroid dienone is 1. The molecule has 0 radical (unpaired) electrons. The minimum Gasteiger partial charge on any atom is -0.485 e. The Morgan fingerprint density at radius 3 is 2.78 bits per heavy atom.